The molecule has 1 aromatic rings. The average molecular weight is 384 g/mol. The predicted molar refractivity (Wildman–Crippen MR) is 98.9 cm³/mol. The first-order valence-corrected chi connectivity index (χ1v) is 9.49. The van der Waals surface area contributed by atoms with Gasteiger partial charge in [0.15, 0.2) is 0 Å². The molecule has 1 saturated heterocycles. The minimum absolute atomic E-state index is 0.144. The van der Waals surface area contributed by atoms with Crippen LogP contribution in [0, 0.1) is 5.92 Å². The van der Waals surface area contributed by atoms with Crippen molar-refractivity contribution in [2.24, 2.45) is 11.7 Å². The topological polar surface area (TPSA) is 66.6 Å². The zero-order valence-electron chi connectivity index (χ0n) is 14.1. The molecule has 1 saturated carbocycles. The van der Waals surface area contributed by atoms with Crippen LogP contribution < -0.4 is 5.73 Å². The van der Waals surface area contributed by atoms with Crippen molar-refractivity contribution >= 4 is 35.0 Å². The van der Waals surface area contributed by atoms with E-state index in [0.717, 1.165) is 19.3 Å². The number of carbonyl (C=O) groups excluding carboxylic acids is 2. The Hall–Kier alpha value is -1.30. The number of rotatable bonds is 3. The monoisotopic (exact) mass is 383 g/mol. The van der Waals surface area contributed by atoms with E-state index in [1.807, 2.05) is 4.90 Å². The Morgan fingerprint density at radius 3 is 2.20 bits per heavy atom. The Labute approximate surface area is 158 Å². The van der Waals surface area contributed by atoms with Crippen molar-refractivity contribution in [1.29, 1.82) is 0 Å². The van der Waals surface area contributed by atoms with E-state index in [1.54, 1.807) is 23.1 Å². The minimum atomic E-state index is -0.180. The summed E-state index contributed by atoms with van der Waals surface area (Å²) in [6.45, 7) is 2.05. The fourth-order valence-electron chi connectivity index (χ4n) is 3.69. The summed E-state index contributed by atoms with van der Waals surface area (Å²) in [6, 6.07) is 5.18. The lowest BCUT2D eigenvalue weighted by Crippen LogP contribution is -2.51. The third-order valence-electron chi connectivity index (χ3n) is 5.25. The third kappa shape index (κ3) is 4.10. The van der Waals surface area contributed by atoms with Gasteiger partial charge in [-0.25, -0.2) is 0 Å². The molecule has 0 unspecified atom stereocenters. The van der Waals surface area contributed by atoms with Gasteiger partial charge in [-0.1, -0.05) is 35.7 Å². The summed E-state index contributed by atoms with van der Waals surface area (Å²) in [7, 11) is 0. The molecule has 2 aliphatic rings. The molecular formula is C18H23Cl2N3O2. The number of amides is 2. The Morgan fingerprint density at radius 1 is 1.04 bits per heavy atom. The maximum atomic E-state index is 12.7. The molecule has 0 bridgehead atoms. The minimum Gasteiger partial charge on any atom is -0.339 e. The van der Waals surface area contributed by atoms with Crippen molar-refractivity contribution < 1.29 is 9.59 Å². The molecule has 136 valence electrons. The van der Waals surface area contributed by atoms with Gasteiger partial charge in [0.2, 0.25) is 5.91 Å². The van der Waals surface area contributed by atoms with Gasteiger partial charge in [0.05, 0.1) is 15.6 Å². The molecule has 2 atom stereocenters. The molecule has 5 nitrogen and oxygen atoms in total. The Kier molecular flexibility index (Phi) is 5.87. The van der Waals surface area contributed by atoms with Crippen LogP contribution in [-0.4, -0.2) is 53.8 Å². The van der Waals surface area contributed by atoms with Gasteiger partial charge in [0.1, 0.15) is 0 Å². The Balaban J connectivity index is 1.56. The first-order chi connectivity index (χ1) is 12.0. The van der Waals surface area contributed by atoms with E-state index >= 15 is 0 Å². The summed E-state index contributed by atoms with van der Waals surface area (Å²) in [6.07, 6.45) is 3.68. The zero-order chi connectivity index (χ0) is 18.0. The van der Waals surface area contributed by atoms with Gasteiger partial charge < -0.3 is 15.5 Å². The number of hydrogen-bond acceptors (Lipinski definition) is 3. The highest BCUT2D eigenvalue weighted by atomic mass is 35.5. The summed E-state index contributed by atoms with van der Waals surface area (Å²) in [5.41, 5.74) is 6.40. The zero-order valence-corrected chi connectivity index (χ0v) is 15.6. The highest BCUT2D eigenvalue weighted by Gasteiger charge is 2.31. The maximum Gasteiger partial charge on any atom is 0.257 e. The summed E-state index contributed by atoms with van der Waals surface area (Å²) in [5, 5.41) is 0.706. The SMILES string of the molecule is N[C@@H]1CCC[C@H]1CC(=O)N1CCN(C(=O)c2c(Cl)cccc2Cl)CC1. The van der Waals surface area contributed by atoms with Crippen LogP contribution in [0.5, 0.6) is 0 Å². The summed E-state index contributed by atoms with van der Waals surface area (Å²) < 4.78 is 0. The van der Waals surface area contributed by atoms with Gasteiger partial charge in [-0.2, -0.15) is 0 Å². The molecule has 0 spiro atoms. The lowest BCUT2D eigenvalue weighted by molar-refractivity contribution is -0.133. The molecule has 0 radical (unpaired) electrons. The first-order valence-electron chi connectivity index (χ1n) is 8.74. The molecule has 0 aromatic heterocycles. The van der Waals surface area contributed by atoms with Gasteiger partial charge in [0.25, 0.3) is 5.91 Å². The van der Waals surface area contributed by atoms with Gasteiger partial charge in [-0.3, -0.25) is 9.59 Å². The second-order valence-electron chi connectivity index (χ2n) is 6.83. The molecule has 1 heterocycles. The summed E-state index contributed by atoms with van der Waals surface area (Å²) in [5.74, 6) is 0.264. The Morgan fingerprint density at radius 2 is 1.64 bits per heavy atom. The maximum absolute atomic E-state index is 12.7. The second kappa shape index (κ2) is 7.94. The largest absolute Gasteiger partial charge is 0.339 e. The molecule has 25 heavy (non-hydrogen) atoms. The molecule has 7 heteroatoms. The molecule has 2 amide bonds. The van der Waals surface area contributed by atoms with Crippen LogP contribution in [0.15, 0.2) is 18.2 Å². The van der Waals surface area contributed by atoms with Crippen molar-refractivity contribution in [2.75, 3.05) is 26.2 Å². The molecular weight excluding hydrogens is 361 g/mol. The van der Waals surface area contributed by atoms with Crippen molar-refractivity contribution in [2.45, 2.75) is 31.7 Å². The van der Waals surface area contributed by atoms with Crippen LogP contribution in [-0.2, 0) is 4.79 Å². The number of nitrogens with zero attached hydrogens (tertiary/aromatic N) is 2. The van der Waals surface area contributed by atoms with E-state index in [0.29, 0.717) is 54.1 Å². The third-order valence-corrected chi connectivity index (χ3v) is 5.88. The van der Waals surface area contributed by atoms with Crippen molar-refractivity contribution in [3.63, 3.8) is 0 Å². The summed E-state index contributed by atoms with van der Waals surface area (Å²) in [4.78, 5) is 28.7. The smallest absolute Gasteiger partial charge is 0.257 e. The first kappa shape index (κ1) is 18.5. The van der Waals surface area contributed by atoms with Gasteiger partial charge in [0, 0.05) is 38.6 Å². The quantitative estimate of drug-likeness (QED) is 0.872. The number of piperazine rings is 1. The number of carbonyl (C=O) groups is 2. The van der Waals surface area contributed by atoms with E-state index in [9.17, 15) is 9.59 Å². The van der Waals surface area contributed by atoms with Gasteiger partial charge in [-0.05, 0) is 30.9 Å². The molecule has 2 N–H and O–H groups in total. The summed E-state index contributed by atoms with van der Waals surface area (Å²) >= 11 is 12.2. The molecule has 3 rings (SSSR count). The van der Waals surface area contributed by atoms with E-state index in [2.05, 4.69) is 0 Å². The van der Waals surface area contributed by atoms with Crippen molar-refractivity contribution in [3.05, 3.63) is 33.8 Å². The number of nitrogens with two attached hydrogens (primary N) is 1. The van der Waals surface area contributed by atoms with E-state index in [1.165, 1.54) is 0 Å². The molecule has 1 aliphatic heterocycles. The van der Waals surface area contributed by atoms with Crippen molar-refractivity contribution in [1.82, 2.24) is 9.80 Å². The molecule has 1 aromatic carbocycles. The van der Waals surface area contributed by atoms with Crippen LogP contribution in [0.4, 0.5) is 0 Å². The normalized spacial score (nSPS) is 23.8. The predicted octanol–water partition coefficient (Wildman–Crippen LogP) is 2.80. The lowest BCUT2D eigenvalue weighted by atomic mass is 9.99. The van der Waals surface area contributed by atoms with Gasteiger partial charge >= 0.3 is 0 Å². The van der Waals surface area contributed by atoms with E-state index < -0.39 is 0 Å². The Bertz CT molecular complexity index is 639. The molecule has 2 fully saturated rings. The average Bonchev–Trinajstić information content (AvgIpc) is 2.99. The van der Waals surface area contributed by atoms with Crippen LogP contribution in [0.3, 0.4) is 0 Å². The van der Waals surface area contributed by atoms with Crippen LogP contribution in [0.25, 0.3) is 0 Å². The van der Waals surface area contributed by atoms with E-state index in [-0.39, 0.29) is 17.9 Å². The van der Waals surface area contributed by atoms with Gasteiger partial charge in [-0.15, -0.1) is 0 Å². The number of halogens is 2. The fourth-order valence-corrected chi connectivity index (χ4v) is 4.25. The van der Waals surface area contributed by atoms with Crippen LogP contribution in [0.1, 0.15) is 36.0 Å². The number of hydrogen-bond donors (Lipinski definition) is 1. The fraction of sp³-hybridized carbons (Fsp3) is 0.556. The molecule has 1 aliphatic carbocycles. The van der Waals surface area contributed by atoms with Crippen LogP contribution >= 0.6 is 23.2 Å². The van der Waals surface area contributed by atoms with E-state index in [4.69, 9.17) is 28.9 Å². The highest BCUT2D eigenvalue weighted by Crippen LogP contribution is 2.28. The second-order valence-corrected chi connectivity index (χ2v) is 7.64. The van der Waals surface area contributed by atoms with Crippen molar-refractivity contribution in [3.8, 4) is 0 Å². The van der Waals surface area contributed by atoms with Crippen LogP contribution in [0.2, 0.25) is 10.0 Å². The number of benzene rings is 1. The lowest BCUT2D eigenvalue weighted by Gasteiger charge is -2.35. The standard InChI is InChI=1S/C18H23Cl2N3O2/c19-13-4-2-5-14(20)17(13)18(25)23-9-7-22(8-10-23)16(24)11-12-3-1-6-15(12)21/h2,4-5,12,15H,1,3,6-11,21H2/t12-,15+/m0/s1. The highest BCUT2D eigenvalue weighted by molar-refractivity contribution is 6.39.